The number of hydrogen-bond acceptors (Lipinski definition) is 2. The van der Waals surface area contributed by atoms with Crippen molar-refractivity contribution in [2.24, 2.45) is 0 Å². The second-order valence-corrected chi connectivity index (χ2v) is 2.39. The molecule has 0 aliphatic carbocycles. The lowest BCUT2D eigenvalue weighted by Crippen LogP contribution is -2.15. The molecule has 9 heavy (non-hydrogen) atoms. The molecule has 0 fully saturated rings. The minimum Gasteiger partial charge on any atom is -0.390 e. The van der Waals surface area contributed by atoms with Gasteiger partial charge < -0.3 is 5.11 Å². The molecule has 1 N–H and O–H groups in total. The Balaban J connectivity index is 0. The van der Waals surface area contributed by atoms with Crippen LogP contribution in [0.5, 0.6) is 0 Å². The summed E-state index contributed by atoms with van der Waals surface area (Å²) in [4.78, 5) is 0. The summed E-state index contributed by atoms with van der Waals surface area (Å²) in [5.74, 6) is 0. The Hall–Kier alpha value is -0.550. The first-order valence-electron chi connectivity index (χ1n) is 3.01. The molecule has 54 valence electrons. The summed E-state index contributed by atoms with van der Waals surface area (Å²) in [5.41, 5.74) is -0.458. The van der Waals surface area contributed by atoms with Crippen molar-refractivity contribution in [1.29, 1.82) is 5.26 Å². The van der Waals surface area contributed by atoms with Crippen molar-refractivity contribution in [3.05, 3.63) is 0 Å². The van der Waals surface area contributed by atoms with Crippen LogP contribution in [-0.2, 0) is 0 Å². The largest absolute Gasteiger partial charge is 0.390 e. The van der Waals surface area contributed by atoms with Crippen LogP contribution in [0.15, 0.2) is 0 Å². The smallest absolute Gasteiger partial charge is 0.0589 e. The fourth-order valence-corrected chi connectivity index (χ4v) is 0. The average Bonchev–Trinajstić information content (AvgIpc) is 1.67. The molecule has 0 heterocycles. The predicted molar refractivity (Wildman–Crippen MR) is 37.9 cm³/mol. The van der Waals surface area contributed by atoms with E-state index in [2.05, 4.69) is 0 Å². The Morgan fingerprint density at radius 2 is 1.67 bits per heavy atom. The van der Waals surface area contributed by atoms with Crippen molar-refractivity contribution in [3.8, 4) is 6.07 Å². The summed E-state index contributed by atoms with van der Waals surface area (Å²) < 4.78 is 0. The first-order valence-corrected chi connectivity index (χ1v) is 3.01. The molecule has 0 amide bonds. The van der Waals surface area contributed by atoms with Crippen molar-refractivity contribution in [2.45, 2.75) is 39.7 Å². The molecule has 0 spiro atoms. The number of rotatable bonds is 1. The van der Waals surface area contributed by atoms with E-state index in [9.17, 15) is 0 Å². The molecule has 0 unspecified atom stereocenters. The van der Waals surface area contributed by atoms with Gasteiger partial charge in [0.1, 0.15) is 0 Å². The lowest BCUT2D eigenvalue weighted by molar-refractivity contribution is 0.0765. The summed E-state index contributed by atoms with van der Waals surface area (Å²) in [5, 5.41) is 16.1. The summed E-state index contributed by atoms with van der Waals surface area (Å²) in [7, 11) is 0. The molecule has 0 aromatic heterocycles. The van der Waals surface area contributed by atoms with Crippen LogP contribution in [0.25, 0.3) is 0 Å². The van der Waals surface area contributed by atoms with Crippen molar-refractivity contribution < 1.29 is 5.11 Å². The monoisotopic (exact) mass is 129 g/mol. The van der Waals surface area contributed by atoms with E-state index in [0.29, 0.717) is 0 Å². The van der Waals surface area contributed by atoms with Crippen LogP contribution in [0.2, 0.25) is 0 Å². The zero-order chi connectivity index (χ0) is 7.91. The maximum atomic E-state index is 8.83. The normalized spacial score (nSPS) is 8.89. The Labute approximate surface area is 57.1 Å². The molecule has 0 aliphatic rings. The highest BCUT2D eigenvalue weighted by Crippen LogP contribution is 2.03. The van der Waals surface area contributed by atoms with Gasteiger partial charge in [-0.15, -0.1) is 0 Å². The zero-order valence-corrected chi connectivity index (χ0v) is 6.60. The molecule has 0 saturated carbocycles. The quantitative estimate of drug-likeness (QED) is 0.585. The van der Waals surface area contributed by atoms with Crippen LogP contribution >= 0.6 is 0 Å². The van der Waals surface area contributed by atoms with E-state index < -0.39 is 5.60 Å². The molecule has 0 bridgehead atoms. The molecule has 0 atom stereocenters. The lowest BCUT2D eigenvalue weighted by atomic mass is 10.1. The first-order chi connectivity index (χ1) is 3.97. The fraction of sp³-hybridized carbons (Fsp3) is 0.857. The number of aliphatic hydroxyl groups is 1. The van der Waals surface area contributed by atoms with E-state index in [0.717, 1.165) is 6.42 Å². The van der Waals surface area contributed by atoms with Gasteiger partial charge in [-0.2, -0.15) is 5.26 Å². The van der Waals surface area contributed by atoms with Crippen molar-refractivity contribution in [2.75, 3.05) is 0 Å². The Morgan fingerprint density at radius 3 is 1.67 bits per heavy atom. The highest BCUT2D eigenvalue weighted by atomic mass is 16.3. The van der Waals surface area contributed by atoms with Gasteiger partial charge in [0.25, 0.3) is 0 Å². The van der Waals surface area contributed by atoms with Gasteiger partial charge >= 0.3 is 0 Å². The van der Waals surface area contributed by atoms with Crippen LogP contribution < -0.4 is 0 Å². The van der Waals surface area contributed by atoms with Crippen molar-refractivity contribution in [3.63, 3.8) is 0 Å². The molecule has 2 heteroatoms. The fourth-order valence-electron chi connectivity index (χ4n) is 0. The Kier molecular flexibility index (Phi) is 6.99. The van der Waals surface area contributed by atoms with Gasteiger partial charge in [0.05, 0.1) is 11.7 Å². The van der Waals surface area contributed by atoms with E-state index in [1.807, 2.05) is 6.92 Å². The maximum absolute atomic E-state index is 8.83. The third-order valence-electron chi connectivity index (χ3n) is 0.865. The number of nitrogens with zero attached hydrogens (tertiary/aromatic N) is 1. The summed E-state index contributed by atoms with van der Waals surface area (Å²) >= 11 is 0. The third-order valence-corrected chi connectivity index (χ3v) is 0.865. The highest BCUT2D eigenvalue weighted by molar-refractivity contribution is 4.59. The molecule has 0 rings (SSSR count). The number of nitriles is 1. The average molecular weight is 129 g/mol. The summed E-state index contributed by atoms with van der Waals surface area (Å²) in [6.07, 6.45) is 0.826. The minimum atomic E-state index is -0.458. The predicted octanol–water partition coefficient (Wildman–Crippen LogP) is 1.70. The van der Waals surface area contributed by atoms with Crippen LogP contribution in [-0.4, -0.2) is 10.7 Å². The van der Waals surface area contributed by atoms with E-state index >= 15 is 0 Å². The number of hydrogen-bond donors (Lipinski definition) is 1. The summed E-state index contributed by atoms with van der Waals surface area (Å²) in [6.45, 7) is 6.99. The molecular weight excluding hydrogens is 114 g/mol. The molecular formula is C7H15NO. The zero-order valence-electron chi connectivity index (χ0n) is 6.60. The topological polar surface area (TPSA) is 44.0 Å². The summed E-state index contributed by atoms with van der Waals surface area (Å²) in [6, 6.07) is 1.75. The molecule has 0 radical (unpaired) electrons. The van der Waals surface area contributed by atoms with Gasteiger partial charge in [0, 0.05) is 6.92 Å². The van der Waals surface area contributed by atoms with E-state index in [1.54, 1.807) is 19.9 Å². The standard InChI is InChI=1S/C5H12O.C2H3N/c1-4-5(2,3)6;1-2-3/h6H,4H2,1-3H3;1H3. The van der Waals surface area contributed by atoms with Crippen LogP contribution in [0.4, 0.5) is 0 Å². The molecule has 0 aromatic rings. The molecule has 0 aliphatic heterocycles. The van der Waals surface area contributed by atoms with Crippen molar-refractivity contribution in [1.82, 2.24) is 0 Å². The van der Waals surface area contributed by atoms with Gasteiger partial charge in [0.15, 0.2) is 0 Å². The van der Waals surface area contributed by atoms with Gasteiger partial charge in [0.2, 0.25) is 0 Å². The highest BCUT2D eigenvalue weighted by Gasteiger charge is 2.05. The Morgan fingerprint density at radius 1 is 1.56 bits per heavy atom. The van der Waals surface area contributed by atoms with Gasteiger partial charge in [-0.25, -0.2) is 0 Å². The van der Waals surface area contributed by atoms with Crippen LogP contribution in [0.1, 0.15) is 34.1 Å². The second kappa shape index (κ2) is 5.58. The molecule has 0 aromatic carbocycles. The van der Waals surface area contributed by atoms with E-state index in [4.69, 9.17) is 10.4 Å². The van der Waals surface area contributed by atoms with E-state index in [1.165, 1.54) is 6.92 Å². The maximum Gasteiger partial charge on any atom is 0.0589 e. The first kappa shape index (κ1) is 11.3. The van der Waals surface area contributed by atoms with Crippen LogP contribution in [0.3, 0.4) is 0 Å². The SMILES string of the molecule is CC#N.CCC(C)(C)O. The van der Waals surface area contributed by atoms with E-state index in [-0.39, 0.29) is 0 Å². The Bertz CT molecular complexity index is 86.1. The third kappa shape index (κ3) is 36.9. The lowest BCUT2D eigenvalue weighted by Gasteiger charge is -2.11. The second-order valence-electron chi connectivity index (χ2n) is 2.39. The van der Waals surface area contributed by atoms with Gasteiger partial charge in [-0.3, -0.25) is 0 Å². The van der Waals surface area contributed by atoms with Gasteiger partial charge in [-0.1, -0.05) is 6.92 Å². The minimum absolute atomic E-state index is 0.458. The van der Waals surface area contributed by atoms with Crippen molar-refractivity contribution >= 4 is 0 Å². The van der Waals surface area contributed by atoms with Crippen LogP contribution in [0, 0.1) is 11.3 Å². The van der Waals surface area contributed by atoms with Gasteiger partial charge in [-0.05, 0) is 20.3 Å². The molecule has 0 saturated heterocycles. The molecule has 2 nitrogen and oxygen atoms in total.